The highest BCUT2D eigenvalue weighted by atomic mass is 19.1. The van der Waals surface area contributed by atoms with Crippen LogP contribution in [0.2, 0.25) is 0 Å². The largest absolute Gasteiger partial charge is 0.452 e. The third kappa shape index (κ3) is 5.36. The van der Waals surface area contributed by atoms with E-state index < -0.39 is 28.8 Å². The van der Waals surface area contributed by atoms with Gasteiger partial charge in [-0.2, -0.15) is 5.10 Å². The topological polar surface area (TPSA) is 87.3 Å². The molecule has 2 saturated heterocycles. The second-order valence-electron chi connectivity index (χ2n) is 10.9. The molecule has 5 heterocycles. The molecule has 2 aliphatic rings. The maximum atomic E-state index is 15.3. The standard InChI is InChI=1S/C33H28F2N4O5/c34-23-4-6-24(7-5-23)38-13-1-2-26(32(38)41)29(40)19-22-3-8-30(27(35)18-22)44-31-20-25(21-39-28(31)9-12-36-39)37-14-10-33(11-15-37)42-16-17-43-33/h1-9,12-13,18,20-21H,10-11,14-17,19H2. The van der Waals surface area contributed by atoms with Crippen LogP contribution in [-0.4, -0.2) is 52.1 Å². The van der Waals surface area contributed by atoms with Crippen molar-refractivity contribution in [2.24, 2.45) is 0 Å². The van der Waals surface area contributed by atoms with Crippen LogP contribution in [0.4, 0.5) is 14.5 Å². The molecule has 7 rings (SSSR count). The van der Waals surface area contributed by atoms with Gasteiger partial charge >= 0.3 is 0 Å². The molecule has 11 heteroatoms. The number of ether oxygens (including phenoxy) is 3. The Morgan fingerprint density at radius 2 is 1.70 bits per heavy atom. The van der Waals surface area contributed by atoms with Crippen molar-refractivity contribution in [3.63, 3.8) is 0 Å². The monoisotopic (exact) mass is 598 g/mol. The van der Waals surface area contributed by atoms with Gasteiger partial charge in [0, 0.05) is 50.3 Å². The Morgan fingerprint density at radius 1 is 0.932 bits per heavy atom. The number of halogens is 2. The van der Waals surface area contributed by atoms with Crippen molar-refractivity contribution in [2.45, 2.75) is 25.0 Å². The van der Waals surface area contributed by atoms with E-state index in [1.807, 2.05) is 12.3 Å². The molecule has 9 nitrogen and oxygen atoms in total. The van der Waals surface area contributed by atoms with E-state index in [4.69, 9.17) is 14.2 Å². The van der Waals surface area contributed by atoms with E-state index in [-0.39, 0.29) is 17.7 Å². The van der Waals surface area contributed by atoms with E-state index in [0.717, 1.165) is 31.6 Å². The summed E-state index contributed by atoms with van der Waals surface area (Å²) < 4.78 is 49.4. The molecular formula is C33H28F2N4O5. The van der Waals surface area contributed by atoms with Gasteiger partial charge in [-0.25, -0.2) is 13.3 Å². The van der Waals surface area contributed by atoms with Gasteiger partial charge in [-0.1, -0.05) is 6.07 Å². The van der Waals surface area contributed by atoms with Crippen LogP contribution in [0.3, 0.4) is 0 Å². The summed E-state index contributed by atoms with van der Waals surface area (Å²) in [6.45, 7) is 2.66. The first-order valence-electron chi connectivity index (χ1n) is 14.3. The summed E-state index contributed by atoms with van der Waals surface area (Å²) in [7, 11) is 0. The predicted molar refractivity (Wildman–Crippen MR) is 158 cm³/mol. The smallest absolute Gasteiger partial charge is 0.265 e. The van der Waals surface area contributed by atoms with Crippen molar-refractivity contribution in [2.75, 3.05) is 31.2 Å². The lowest BCUT2D eigenvalue weighted by Crippen LogP contribution is -2.45. The number of carbonyl (C=O) groups excluding carboxylic acids is 1. The van der Waals surface area contributed by atoms with Crippen LogP contribution in [0.25, 0.3) is 11.2 Å². The number of Topliss-reactive ketones (excluding diaryl/α,β-unsaturated/α-hetero) is 1. The van der Waals surface area contributed by atoms with Gasteiger partial charge in [-0.15, -0.1) is 0 Å². The van der Waals surface area contributed by atoms with Crippen molar-refractivity contribution in [3.05, 3.63) is 118 Å². The maximum Gasteiger partial charge on any atom is 0.265 e. The Morgan fingerprint density at radius 3 is 2.45 bits per heavy atom. The van der Waals surface area contributed by atoms with Crippen LogP contribution < -0.4 is 15.2 Å². The first-order valence-corrected chi connectivity index (χ1v) is 14.3. The Hall–Kier alpha value is -4.87. The molecule has 44 heavy (non-hydrogen) atoms. The number of anilines is 1. The number of nitrogens with zero attached hydrogens (tertiary/aromatic N) is 4. The number of fused-ring (bicyclic) bond motifs is 1. The molecule has 0 radical (unpaired) electrons. The van der Waals surface area contributed by atoms with E-state index in [9.17, 15) is 14.0 Å². The summed E-state index contributed by atoms with van der Waals surface area (Å²) >= 11 is 0. The minimum Gasteiger partial charge on any atom is -0.452 e. The lowest BCUT2D eigenvalue weighted by Gasteiger charge is -2.38. The lowest BCUT2D eigenvalue weighted by molar-refractivity contribution is -0.169. The molecule has 0 amide bonds. The van der Waals surface area contributed by atoms with Gasteiger partial charge in [0.2, 0.25) is 0 Å². The number of pyridine rings is 2. The van der Waals surface area contributed by atoms with Crippen molar-refractivity contribution < 1.29 is 27.8 Å². The molecule has 224 valence electrons. The summed E-state index contributed by atoms with van der Waals surface area (Å²) in [5, 5.41) is 4.37. The minimum atomic E-state index is -0.648. The number of carbonyl (C=O) groups is 1. The average Bonchev–Trinajstić information content (AvgIpc) is 3.69. The van der Waals surface area contributed by atoms with Gasteiger partial charge in [0.25, 0.3) is 5.56 Å². The first kappa shape index (κ1) is 27.9. The zero-order valence-corrected chi connectivity index (χ0v) is 23.6. The average molecular weight is 599 g/mol. The normalized spacial score (nSPS) is 16.1. The number of hydrogen-bond donors (Lipinski definition) is 0. The van der Waals surface area contributed by atoms with Crippen molar-refractivity contribution >= 4 is 17.0 Å². The molecule has 3 aromatic heterocycles. The van der Waals surface area contributed by atoms with Crippen LogP contribution in [0, 0.1) is 11.6 Å². The van der Waals surface area contributed by atoms with E-state index in [1.165, 1.54) is 53.2 Å². The van der Waals surface area contributed by atoms with Gasteiger partial charge in [0.1, 0.15) is 11.3 Å². The fraction of sp³-hybridized carbons (Fsp3) is 0.242. The molecule has 0 unspecified atom stereocenters. The molecule has 2 aliphatic heterocycles. The summed E-state index contributed by atoms with van der Waals surface area (Å²) in [5.41, 5.74) is 1.77. The summed E-state index contributed by atoms with van der Waals surface area (Å²) in [6.07, 6.45) is 6.35. The van der Waals surface area contributed by atoms with Crippen LogP contribution >= 0.6 is 0 Å². The molecular weight excluding hydrogens is 570 g/mol. The van der Waals surface area contributed by atoms with Crippen molar-refractivity contribution in [1.82, 2.24) is 14.2 Å². The Labute approximate surface area is 250 Å². The minimum absolute atomic E-state index is 0.00909. The van der Waals surface area contributed by atoms with Crippen LogP contribution in [0.5, 0.6) is 11.5 Å². The molecule has 0 atom stereocenters. The van der Waals surface area contributed by atoms with Crippen molar-refractivity contribution in [1.29, 1.82) is 0 Å². The highest BCUT2D eigenvalue weighted by Crippen LogP contribution is 2.36. The molecule has 0 N–H and O–H groups in total. The Kier molecular flexibility index (Phi) is 7.19. The SMILES string of the molecule is O=C(Cc1ccc(Oc2cc(N3CCC4(CC3)OCCO4)cn3nccc23)c(F)c1)c1cccn(-c2ccc(F)cc2)c1=O. The fourth-order valence-electron chi connectivity index (χ4n) is 5.78. The highest BCUT2D eigenvalue weighted by molar-refractivity contribution is 5.97. The molecule has 5 aromatic rings. The van der Waals surface area contributed by atoms with Gasteiger partial charge in [-0.05, 0) is 60.2 Å². The van der Waals surface area contributed by atoms with Gasteiger partial charge in [0.05, 0.1) is 36.9 Å². The second kappa shape index (κ2) is 11.3. The van der Waals surface area contributed by atoms with Crippen LogP contribution in [0.1, 0.15) is 28.8 Å². The quantitative estimate of drug-likeness (QED) is 0.234. The van der Waals surface area contributed by atoms with Gasteiger partial charge in [0.15, 0.2) is 28.9 Å². The number of rotatable bonds is 7. The molecule has 2 aromatic carbocycles. The fourth-order valence-corrected chi connectivity index (χ4v) is 5.78. The summed E-state index contributed by atoms with van der Waals surface area (Å²) in [5.74, 6) is -1.63. The first-order chi connectivity index (χ1) is 21.4. The number of aromatic nitrogens is 3. The van der Waals surface area contributed by atoms with Crippen molar-refractivity contribution in [3.8, 4) is 17.2 Å². The summed E-state index contributed by atoms with van der Waals surface area (Å²) in [6, 6.07) is 16.3. The zero-order chi connectivity index (χ0) is 30.3. The maximum absolute atomic E-state index is 15.3. The molecule has 0 bridgehead atoms. The number of benzene rings is 2. The zero-order valence-electron chi connectivity index (χ0n) is 23.6. The number of hydrogen-bond acceptors (Lipinski definition) is 7. The van der Waals surface area contributed by atoms with Gasteiger partial charge < -0.3 is 19.1 Å². The van der Waals surface area contributed by atoms with E-state index in [0.29, 0.717) is 35.7 Å². The number of piperidine rings is 1. The molecule has 0 aliphatic carbocycles. The Bertz CT molecular complexity index is 1900. The number of ketones is 1. The molecule has 1 spiro atoms. The van der Waals surface area contributed by atoms with E-state index in [2.05, 4.69) is 10.00 Å². The molecule has 0 saturated carbocycles. The van der Waals surface area contributed by atoms with Crippen LogP contribution in [-0.2, 0) is 15.9 Å². The predicted octanol–water partition coefficient (Wildman–Crippen LogP) is 5.32. The summed E-state index contributed by atoms with van der Waals surface area (Å²) in [4.78, 5) is 28.3. The lowest BCUT2D eigenvalue weighted by atomic mass is 10.0. The van der Waals surface area contributed by atoms with E-state index >= 15 is 4.39 Å². The highest BCUT2D eigenvalue weighted by Gasteiger charge is 2.40. The molecule has 2 fully saturated rings. The van der Waals surface area contributed by atoms with E-state index in [1.54, 1.807) is 28.9 Å². The third-order valence-corrected chi connectivity index (χ3v) is 8.09. The van der Waals surface area contributed by atoms with Crippen LogP contribution in [0.15, 0.2) is 90.1 Å². The Balaban J connectivity index is 1.09. The third-order valence-electron chi connectivity index (χ3n) is 8.09. The van der Waals surface area contributed by atoms with Gasteiger partial charge in [-0.3, -0.25) is 14.2 Å². The second-order valence-corrected chi connectivity index (χ2v) is 10.9.